The van der Waals surface area contributed by atoms with Gasteiger partial charge in [0.1, 0.15) is 0 Å². The predicted molar refractivity (Wildman–Crippen MR) is 79.3 cm³/mol. The van der Waals surface area contributed by atoms with Crippen LogP contribution in [0.4, 0.5) is 0 Å². The number of ether oxygens (including phenoxy) is 1. The van der Waals surface area contributed by atoms with Crippen LogP contribution in [0.1, 0.15) is 25.3 Å². The van der Waals surface area contributed by atoms with Crippen LogP contribution >= 0.6 is 0 Å². The molecule has 0 aromatic heterocycles. The lowest BCUT2D eigenvalue weighted by molar-refractivity contribution is -0.134. The van der Waals surface area contributed by atoms with Crippen molar-refractivity contribution >= 4 is 5.91 Å². The summed E-state index contributed by atoms with van der Waals surface area (Å²) in [5.41, 5.74) is 6.93. The van der Waals surface area contributed by atoms with Gasteiger partial charge in [-0.1, -0.05) is 30.3 Å². The van der Waals surface area contributed by atoms with Gasteiger partial charge in [-0.15, -0.1) is 0 Å². The molecule has 0 aliphatic carbocycles. The minimum absolute atomic E-state index is 0.0488. The van der Waals surface area contributed by atoms with Crippen LogP contribution in [0.25, 0.3) is 0 Å². The molecule has 0 radical (unpaired) electrons. The number of amides is 1. The van der Waals surface area contributed by atoms with Crippen LogP contribution in [-0.2, 0) is 16.0 Å². The quantitative estimate of drug-likeness (QED) is 0.888. The first kappa shape index (κ1) is 15.0. The molecule has 1 aliphatic rings. The van der Waals surface area contributed by atoms with Crippen LogP contribution in [0.2, 0.25) is 0 Å². The van der Waals surface area contributed by atoms with E-state index in [4.69, 9.17) is 10.5 Å². The zero-order valence-electron chi connectivity index (χ0n) is 12.1. The highest BCUT2D eigenvalue weighted by molar-refractivity contribution is 5.81. The summed E-state index contributed by atoms with van der Waals surface area (Å²) in [6.45, 7) is 4.01. The molecule has 1 heterocycles. The van der Waals surface area contributed by atoms with Crippen molar-refractivity contribution in [2.75, 3.05) is 19.7 Å². The maximum absolute atomic E-state index is 11.8. The SMILES string of the molecule is C[C@H](N)C(=O)N1CCC(OCCc2ccccc2)CC1. The van der Waals surface area contributed by atoms with E-state index < -0.39 is 6.04 Å². The first-order valence-electron chi connectivity index (χ1n) is 7.36. The van der Waals surface area contributed by atoms with Gasteiger partial charge in [0, 0.05) is 13.1 Å². The molecular formula is C16H24N2O2. The fraction of sp³-hybridized carbons (Fsp3) is 0.562. The highest BCUT2D eigenvalue weighted by Crippen LogP contribution is 2.15. The van der Waals surface area contributed by atoms with Crippen LogP contribution < -0.4 is 5.73 Å². The van der Waals surface area contributed by atoms with E-state index >= 15 is 0 Å². The Bertz CT molecular complexity index is 412. The van der Waals surface area contributed by atoms with Gasteiger partial charge in [-0.3, -0.25) is 4.79 Å². The van der Waals surface area contributed by atoms with Gasteiger partial charge < -0.3 is 15.4 Å². The number of rotatable bonds is 5. The molecule has 1 fully saturated rings. The van der Waals surface area contributed by atoms with Crippen molar-refractivity contribution in [3.8, 4) is 0 Å². The van der Waals surface area contributed by atoms with E-state index in [1.165, 1.54) is 5.56 Å². The monoisotopic (exact) mass is 276 g/mol. The Morgan fingerprint density at radius 3 is 2.60 bits per heavy atom. The zero-order valence-corrected chi connectivity index (χ0v) is 12.1. The van der Waals surface area contributed by atoms with Gasteiger partial charge in [-0.2, -0.15) is 0 Å². The van der Waals surface area contributed by atoms with E-state index in [9.17, 15) is 4.79 Å². The van der Waals surface area contributed by atoms with Gasteiger partial charge >= 0.3 is 0 Å². The number of hydrogen-bond acceptors (Lipinski definition) is 3. The Kier molecular flexibility index (Phi) is 5.56. The Morgan fingerprint density at radius 1 is 1.35 bits per heavy atom. The molecule has 1 saturated heterocycles. The van der Waals surface area contributed by atoms with Gasteiger partial charge in [0.2, 0.25) is 5.91 Å². The molecule has 1 atom stereocenters. The summed E-state index contributed by atoms with van der Waals surface area (Å²) in [7, 11) is 0. The van der Waals surface area contributed by atoms with E-state index in [-0.39, 0.29) is 12.0 Å². The van der Waals surface area contributed by atoms with Crippen molar-refractivity contribution in [3.63, 3.8) is 0 Å². The lowest BCUT2D eigenvalue weighted by atomic mass is 10.1. The third kappa shape index (κ3) is 4.32. The normalized spacial score (nSPS) is 18.0. The average Bonchev–Trinajstić information content (AvgIpc) is 2.48. The number of hydrogen-bond donors (Lipinski definition) is 1. The van der Waals surface area contributed by atoms with Crippen LogP contribution in [0.3, 0.4) is 0 Å². The van der Waals surface area contributed by atoms with Gasteiger partial charge in [-0.05, 0) is 31.7 Å². The molecule has 20 heavy (non-hydrogen) atoms. The Hall–Kier alpha value is -1.39. The minimum Gasteiger partial charge on any atom is -0.378 e. The van der Waals surface area contributed by atoms with Crippen LogP contribution in [0.15, 0.2) is 30.3 Å². The Labute approximate surface area is 120 Å². The molecule has 110 valence electrons. The van der Waals surface area contributed by atoms with E-state index in [0.717, 1.165) is 39.0 Å². The molecular weight excluding hydrogens is 252 g/mol. The minimum atomic E-state index is -0.398. The third-order valence-corrected chi connectivity index (χ3v) is 3.73. The summed E-state index contributed by atoms with van der Waals surface area (Å²) < 4.78 is 5.91. The molecule has 4 nitrogen and oxygen atoms in total. The molecule has 0 saturated carbocycles. The number of piperidine rings is 1. The molecule has 0 unspecified atom stereocenters. The molecule has 1 aromatic carbocycles. The molecule has 1 amide bonds. The summed E-state index contributed by atoms with van der Waals surface area (Å²) >= 11 is 0. The summed E-state index contributed by atoms with van der Waals surface area (Å²) in [5, 5.41) is 0. The van der Waals surface area contributed by atoms with E-state index in [1.807, 2.05) is 23.1 Å². The lowest BCUT2D eigenvalue weighted by Gasteiger charge is -2.32. The number of likely N-dealkylation sites (tertiary alicyclic amines) is 1. The third-order valence-electron chi connectivity index (χ3n) is 3.73. The van der Waals surface area contributed by atoms with E-state index in [1.54, 1.807) is 6.92 Å². The molecule has 2 rings (SSSR count). The number of carbonyl (C=O) groups is 1. The Morgan fingerprint density at radius 2 is 2.00 bits per heavy atom. The van der Waals surface area contributed by atoms with Gasteiger partial charge in [0.25, 0.3) is 0 Å². The summed E-state index contributed by atoms with van der Waals surface area (Å²) in [6, 6.07) is 9.96. The van der Waals surface area contributed by atoms with Crippen molar-refractivity contribution < 1.29 is 9.53 Å². The van der Waals surface area contributed by atoms with Crippen molar-refractivity contribution in [1.82, 2.24) is 4.90 Å². The molecule has 2 N–H and O–H groups in total. The van der Waals surface area contributed by atoms with E-state index in [2.05, 4.69) is 12.1 Å². The topological polar surface area (TPSA) is 55.6 Å². The molecule has 4 heteroatoms. The summed E-state index contributed by atoms with van der Waals surface area (Å²) in [4.78, 5) is 13.6. The second kappa shape index (κ2) is 7.41. The highest BCUT2D eigenvalue weighted by Gasteiger charge is 2.24. The number of benzene rings is 1. The molecule has 1 aliphatic heterocycles. The van der Waals surface area contributed by atoms with Gasteiger partial charge in [-0.25, -0.2) is 0 Å². The zero-order chi connectivity index (χ0) is 14.4. The molecule has 1 aromatic rings. The van der Waals surface area contributed by atoms with Crippen molar-refractivity contribution in [2.45, 2.75) is 38.3 Å². The van der Waals surface area contributed by atoms with Crippen LogP contribution in [0, 0.1) is 0 Å². The predicted octanol–water partition coefficient (Wildman–Crippen LogP) is 1.58. The average molecular weight is 276 g/mol. The molecule has 0 bridgehead atoms. The smallest absolute Gasteiger partial charge is 0.239 e. The molecule has 0 spiro atoms. The first-order chi connectivity index (χ1) is 9.66. The first-order valence-corrected chi connectivity index (χ1v) is 7.36. The van der Waals surface area contributed by atoms with Crippen molar-refractivity contribution in [1.29, 1.82) is 0 Å². The van der Waals surface area contributed by atoms with Gasteiger partial charge in [0.15, 0.2) is 0 Å². The van der Waals surface area contributed by atoms with Gasteiger partial charge in [0.05, 0.1) is 18.8 Å². The van der Waals surface area contributed by atoms with Crippen molar-refractivity contribution in [3.05, 3.63) is 35.9 Å². The van der Waals surface area contributed by atoms with Crippen LogP contribution in [0.5, 0.6) is 0 Å². The standard InChI is InChI=1S/C16H24N2O2/c1-13(17)16(19)18-10-7-15(8-11-18)20-12-9-14-5-3-2-4-6-14/h2-6,13,15H,7-12,17H2,1H3/t13-/m0/s1. The number of carbonyl (C=O) groups excluding carboxylic acids is 1. The largest absolute Gasteiger partial charge is 0.378 e. The number of nitrogens with zero attached hydrogens (tertiary/aromatic N) is 1. The Balaban J connectivity index is 1.66. The fourth-order valence-electron chi connectivity index (χ4n) is 2.52. The lowest BCUT2D eigenvalue weighted by Crippen LogP contribution is -2.47. The highest BCUT2D eigenvalue weighted by atomic mass is 16.5. The maximum Gasteiger partial charge on any atom is 0.239 e. The van der Waals surface area contributed by atoms with Crippen LogP contribution in [-0.4, -0.2) is 42.6 Å². The maximum atomic E-state index is 11.8. The van der Waals surface area contributed by atoms with E-state index in [0.29, 0.717) is 0 Å². The fourth-order valence-corrected chi connectivity index (χ4v) is 2.52. The second-order valence-electron chi connectivity index (χ2n) is 5.42. The van der Waals surface area contributed by atoms with Crippen molar-refractivity contribution in [2.24, 2.45) is 5.73 Å². The number of nitrogens with two attached hydrogens (primary N) is 1. The summed E-state index contributed by atoms with van der Waals surface area (Å²) in [5.74, 6) is 0.0488. The second-order valence-corrected chi connectivity index (χ2v) is 5.42. The summed E-state index contributed by atoms with van der Waals surface area (Å²) in [6.07, 6.45) is 3.04.